The zero-order valence-electron chi connectivity index (χ0n) is 11.4. The number of hydrogen-bond acceptors (Lipinski definition) is 5. The van der Waals surface area contributed by atoms with E-state index in [-0.39, 0.29) is 13.0 Å². The second kappa shape index (κ2) is 7.49. The highest BCUT2D eigenvalue weighted by Crippen LogP contribution is 2.25. The van der Waals surface area contributed by atoms with Crippen LogP contribution in [-0.4, -0.2) is 35.9 Å². The summed E-state index contributed by atoms with van der Waals surface area (Å²) in [6, 6.07) is 6.61. The van der Waals surface area contributed by atoms with Gasteiger partial charge in [0, 0.05) is 6.42 Å². The molecule has 1 aromatic rings. The number of benzene rings is 1. The van der Waals surface area contributed by atoms with Gasteiger partial charge in [-0.25, -0.2) is 0 Å². The fourth-order valence-electron chi connectivity index (χ4n) is 1.75. The molecule has 2 N–H and O–H groups in total. The number of esters is 1. The zero-order valence-corrected chi connectivity index (χ0v) is 11.4. The minimum absolute atomic E-state index is 0.0951. The Morgan fingerprint density at radius 2 is 2.05 bits per heavy atom. The summed E-state index contributed by atoms with van der Waals surface area (Å²) >= 11 is 0. The number of aliphatic hydroxyl groups is 1. The van der Waals surface area contributed by atoms with Gasteiger partial charge in [-0.3, -0.25) is 9.59 Å². The van der Waals surface area contributed by atoms with Crippen molar-refractivity contribution in [3.05, 3.63) is 29.8 Å². The van der Waals surface area contributed by atoms with Crippen LogP contribution in [0.25, 0.3) is 0 Å². The molecule has 20 heavy (non-hydrogen) atoms. The van der Waals surface area contributed by atoms with E-state index in [0.717, 1.165) is 0 Å². The van der Waals surface area contributed by atoms with E-state index in [4.69, 9.17) is 14.6 Å². The minimum atomic E-state index is -1.39. The lowest BCUT2D eigenvalue weighted by molar-refractivity contribution is -0.159. The quantitative estimate of drug-likeness (QED) is 0.579. The van der Waals surface area contributed by atoms with Crippen molar-refractivity contribution < 1.29 is 29.3 Å². The lowest BCUT2D eigenvalue weighted by atomic mass is 9.97. The Labute approximate surface area is 116 Å². The molecule has 0 bridgehead atoms. The molecule has 1 aromatic carbocycles. The van der Waals surface area contributed by atoms with Crippen LogP contribution in [0.1, 0.15) is 25.0 Å². The number of carbonyl (C=O) groups is 2. The standard InChI is InChI=1S/C14H18O6/c1-3-20-14(18)11(13(16)17)8-12(15)9-5-4-6-10(7-9)19-2/h4-7,11-12,15H,3,8H2,1-2H3,(H,16,17). The number of carboxylic acid groups (broad SMARTS) is 1. The fourth-order valence-corrected chi connectivity index (χ4v) is 1.75. The molecule has 0 aliphatic rings. The third-order valence-electron chi connectivity index (χ3n) is 2.81. The maximum atomic E-state index is 11.5. The van der Waals surface area contributed by atoms with E-state index >= 15 is 0 Å². The van der Waals surface area contributed by atoms with Gasteiger partial charge in [-0.15, -0.1) is 0 Å². The smallest absolute Gasteiger partial charge is 0.320 e. The summed E-state index contributed by atoms with van der Waals surface area (Å²) in [6.45, 7) is 1.69. The van der Waals surface area contributed by atoms with Crippen LogP contribution in [0, 0.1) is 5.92 Å². The monoisotopic (exact) mass is 282 g/mol. The van der Waals surface area contributed by atoms with Crippen LogP contribution >= 0.6 is 0 Å². The summed E-state index contributed by atoms with van der Waals surface area (Å²) in [7, 11) is 1.49. The molecule has 6 heteroatoms. The molecule has 0 saturated carbocycles. The number of carboxylic acids is 1. The van der Waals surface area contributed by atoms with E-state index < -0.39 is 24.0 Å². The molecular weight excluding hydrogens is 264 g/mol. The highest BCUT2D eigenvalue weighted by molar-refractivity contribution is 5.93. The van der Waals surface area contributed by atoms with Crippen molar-refractivity contribution in [3.63, 3.8) is 0 Å². The summed E-state index contributed by atoms with van der Waals surface area (Å²) in [5, 5.41) is 19.1. The molecule has 6 nitrogen and oxygen atoms in total. The number of hydrogen-bond donors (Lipinski definition) is 2. The largest absolute Gasteiger partial charge is 0.497 e. The van der Waals surface area contributed by atoms with Gasteiger partial charge in [0.15, 0.2) is 5.92 Å². The SMILES string of the molecule is CCOC(=O)C(CC(O)c1cccc(OC)c1)C(=O)O. The number of methoxy groups -OCH3 is 1. The number of aliphatic carboxylic acids is 1. The van der Waals surface area contributed by atoms with E-state index in [9.17, 15) is 14.7 Å². The molecule has 0 amide bonds. The maximum absolute atomic E-state index is 11.5. The van der Waals surface area contributed by atoms with Crippen LogP contribution in [0.3, 0.4) is 0 Å². The second-order valence-corrected chi connectivity index (χ2v) is 4.17. The molecule has 0 aliphatic heterocycles. The van der Waals surface area contributed by atoms with Crippen LogP contribution in [0.2, 0.25) is 0 Å². The maximum Gasteiger partial charge on any atom is 0.320 e. The average molecular weight is 282 g/mol. The second-order valence-electron chi connectivity index (χ2n) is 4.17. The molecule has 0 aliphatic carbocycles. The fraction of sp³-hybridized carbons (Fsp3) is 0.429. The van der Waals surface area contributed by atoms with Crippen molar-refractivity contribution in [2.75, 3.05) is 13.7 Å². The summed E-state index contributed by atoms with van der Waals surface area (Å²) in [5.41, 5.74) is 0.486. The first kappa shape index (κ1) is 16.0. The highest BCUT2D eigenvalue weighted by atomic mass is 16.5. The Balaban J connectivity index is 2.82. The summed E-state index contributed by atoms with van der Waals surface area (Å²) < 4.78 is 9.72. The van der Waals surface area contributed by atoms with Gasteiger partial charge in [0.2, 0.25) is 0 Å². The van der Waals surface area contributed by atoms with Crippen molar-refractivity contribution in [3.8, 4) is 5.75 Å². The third kappa shape index (κ3) is 4.24. The number of rotatable bonds is 7. The Bertz CT molecular complexity index is 470. The molecule has 0 radical (unpaired) electrons. The summed E-state index contributed by atoms with van der Waals surface area (Å²) in [4.78, 5) is 22.6. The zero-order chi connectivity index (χ0) is 15.1. The van der Waals surface area contributed by atoms with Crippen molar-refractivity contribution in [2.24, 2.45) is 5.92 Å². The van der Waals surface area contributed by atoms with Crippen LogP contribution < -0.4 is 4.74 Å². The summed E-state index contributed by atoms with van der Waals surface area (Å²) in [5.74, 6) is -3.01. The molecule has 0 saturated heterocycles. The van der Waals surface area contributed by atoms with E-state index in [2.05, 4.69) is 0 Å². The van der Waals surface area contributed by atoms with Crippen molar-refractivity contribution in [1.82, 2.24) is 0 Å². The minimum Gasteiger partial charge on any atom is -0.497 e. The predicted octanol–water partition coefficient (Wildman–Crippen LogP) is 1.38. The van der Waals surface area contributed by atoms with Gasteiger partial charge in [0.25, 0.3) is 0 Å². The van der Waals surface area contributed by atoms with Crippen molar-refractivity contribution >= 4 is 11.9 Å². The van der Waals surface area contributed by atoms with Crippen molar-refractivity contribution in [2.45, 2.75) is 19.4 Å². The Morgan fingerprint density at radius 1 is 1.35 bits per heavy atom. The first-order valence-corrected chi connectivity index (χ1v) is 6.21. The van der Waals surface area contributed by atoms with Crippen LogP contribution in [0.15, 0.2) is 24.3 Å². The summed E-state index contributed by atoms with van der Waals surface area (Å²) in [6.07, 6.45) is -1.34. The highest BCUT2D eigenvalue weighted by Gasteiger charge is 2.30. The van der Waals surface area contributed by atoms with Gasteiger partial charge in [-0.05, 0) is 24.6 Å². The number of ether oxygens (including phenoxy) is 2. The lowest BCUT2D eigenvalue weighted by Crippen LogP contribution is -2.27. The molecule has 1 rings (SSSR count). The predicted molar refractivity (Wildman–Crippen MR) is 70.3 cm³/mol. The van der Waals surface area contributed by atoms with Crippen LogP contribution in [0.5, 0.6) is 5.75 Å². The van der Waals surface area contributed by atoms with Gasteiger partial charge in [0.1, 0.15) is 5.75 Å². The van der Waals surface area contributed by atoms with Crippen LogP contribution in [0.4, 0.5) is 0 Å². The van der Waals surface area contributed by atoms with E-state index in [1.165, 1.54) is 7.11 Å². The van der Waals surface area contributed by atoms with Gasteiger partial charge in [-0.1, -0.05) is 12.1 Å². The van der Waals surface area contributed by atoms with E-state index in [1.54, 1.807) is 31.2 Å². The van der Waals surface area contributed by atoms with Gasteiger partial charge < -0.3 is 19.7 Å². The first-order chi connectivity index (χ1) is 9.49. The molecule has 110 valence electrons. The molecule has 0 aromatic heterocycles. The normalized spacial score (nSPS) is 13.3. The average Bonchev–Trinajstić information content (AvgIpc) is 2.44. The Morgan fingerprint density at radius 3 is 2.60 bits per heavy atom. The van der Waals surface area contributed by atoms with Gasteiger partial charge in [-0.2, -0.15) is 0 Å². The molecule has 0 spiro atoms. The molecule has 0 heterocycles. The van der Waals surface area contributed by atoms with Gasteiger partial charge >= 0.3 is 11.9 Å². The molecule has 0 fully saturated rings. The van der Waals surface area contributed by atoms with Crippen LogP contribution in [-0.2, 0) is 14.3 Å². The molecule has 2 unspecified atom stereocenters. The van der Waals surface area contributed by atoms with Gasteiger partial charge in [0.05, 0.1) is 19.8 Å². The first-order valence-electron chi connectivity index (χ1n) is 6.21. The topological polar surface area (TPSA) is 93.1 Å². The lowest BCUT2D eigenvalue weighted by Gasteiger charge is -2.16. The number of aliphatic hydroxyl groups excluding tert-OH is 1. The Hall–Kier alpha value is -2.08. The molecular formula is C14H18O6. The number of carbonyl (C=O) groups excluding carboxylic acids is 1. The Kier molecular flexibility index (Phi) is 5.99. The van der Waals surface area contributed by atoms with E-state index in [1.807, 2.05) is 0 Å². The third-order valence-corrected chi connectivity index (χ3v) is 2.81. The van der Waals surface area contributed by atoms with Crippen molar-refractivity contribution in [1.29, 1.82) is 0 Å². The molecule has 2 atom stereocenters. The van der Waals surface area contributed by atoms with E-state index in [0.29, 0.717) is 11.3 Å².